The molecule has 0 radical (unpaired) electrons. The van der Waals surface area contributed by atoms with E-state index in [0.29, 0.717) is 0 Å². The van der Waals surface area contributed by atoms with Crippen molar-refractivity contribution in [1.29, 1.82) is 0 Å². The Hall–Kier alpha value is -0.0400. The number of nitrogens with zero attached hydrogens (tertiary/aromatic N) is 1. The van der Waals surface area contributed by atoms with Gasteiger partial charge in [-0.2, -0.15) is 0 Å². The molecule has 2 aliphatic heterocycles. The van der Waals surface area contributed by atoms with Crippen LogP contribution in [0.5, 0.6) is 0 Å². The highest BCUT2D eigenvalue weighted by atomic mass is 15.2. The first kappa shape index (κ1) is 12.4. The summed E-state index contributed by atoms with van der Waals surface area (Å²) in [7, 11) is 0. The van der Waals surface area contributed by atoms with Crippen LogP contribution in [-0.4, -0.2) is 23.0 Å². The molecule has 1 heteroatoms. The van der Waals surface area contributed by atoms with Crippen molar-refractivity contribution < 1.29 is 0 Å². The van der Waals surface area contributed by atoms with E-state index in [9.17, 15) is 0 Å². The molecule has 2 heterocycles. The van der Waals surface area contributed by atoms with Crippen molar-refractivity contribution in [3.8, 4) is 0 Å². The van der Waals surface area contributed by atoms with Crippen LogP contribution in [0.2, 0.25) is 0 Å². The summed E-state index contributed by atoms with van der Waals surface area (Å²) in [6.45, 7) is 4.67. The molecule has 0 saturated carbocycles. The predicted octanol–water partition coefficient (Wildman–Crippen LogP) is 4.36. The van der Waals surface area contributed by atoms with Gasteiger partial charge < -0.3 is 0 Å². The third kappa shape index (κ3) is 2.61. The molecule has 0 spiro atoms. The fourth-order valence-electron chi connectivity index (χ4n) is 3.97. The first-order chi connectivity index (χ1) is 7.86. The van der Waals surface area contributed by atoms with Crippen LogP contribution in [0.15, 0.2) is 0 Å². The lowest BCUT2D eigenvalue weighted by Crippen LogP contribution is -2.46. The van der Waals surface area contributed by atoms with Gasteiger partial charge in [-0.25, -0.2) is 0 Å². The summed E-state index contributed by atoms with van der Waals surface area (Å²) < 4.78 is 0. The van der Waals surface area contributed by atoms with E-state index in [1.807, 2.05) is 0 Å². The normalized spacial score (nSPS) is 35.2. The smallest absolute Gasteiger partial charge is 0.0102 e. The Kier molecular flexibility index (Phi) is 4.69. The largest absolute Gasteiger partial charge is 0.294 e. The van der Waals surface area contributed by atoms with Gasteiger partial charge in [0, 0.05) is 18.1 Å². The van der Waals surface area contributed by atoms with Crippen molar-refractivity contribution in [2.75, 3.05) is 0 Å². The second-order valence-corrected chi connectivity index (χ2v) is 5.85. The van der Waals surface area contributed by atoms with Gasteiger partial charge in [0.25, 0.3) is 0 Å². The van der Waals surface area contributed by atoms with Crippen LogP contribution in [-0.2, 0) is 0 Å². The molecule has 94 valence electrons. The number of hydrogen-bond donors (Lipinski definition) is 0. The average molecular weight is 223 g/mol. The molecule has 0 unspecified atom stereocenters. The monoisotopic (exact) mass is 223 g/mol. The van der Waals surface area contributed by atoms with E-state index in [0.717, 1.165) is 18.1 Å². The zero-order valence-corrected chi connectivity index (χ0v) is 11.3. The molecule has 2 saturated heterocycles. The van der Waals surface area contributed by atoms with Gasteiger partial charge in [0.1, 0.15) is 0 Å². The minimum absolute atomic E-state index is 0.938. The zero-order valence-electron chi connectivity index (χ0n) is 11.3. The summed E-state index contributed by atoms with van der Waals surface area (Å²) in [5.74, 6) is 0. The molecule has 0 aliphatic carbocycles. The molecule has 16 heavy (non-hydrogen) atoms. The third-order valence-electron chi connectivity index (χ3n) is 4.69. The van der Waals surface area contributed by atoms with Gasteiger partial charge >= 0.3 is 0 Å². The van der Waals surface area contributed by atoms with E-state index >= 15 is 0 Å². The summed E-state index contributed by atoms with van der Waals surface area (Å²) in [6.07, 6.45) is 14.5. The van der Waals surface area contributed by atoms with Gasteiger partial charge in [-0.3, -0.25) is 4.90 Å². The Labute approximate surface area is 102 Å². The summed E-state index contributed by atoms with van der Waals surface area (Å²) in [5.41, 5.74) is 0. The van der Waals surface area contributed by atoms with Crippen LogP contribution in [0.1, 0.15) is 78.1 Å². The summed E-state index contributed by atoms with van der Waals surface area (Å²) in [6, 6.07) is 2.85. The van der Waals surface area contributed by atoms with E-state index in [-0.39, 0.29) is 0 Å². The van der Waals surface area contributed by atoms with E-state index in [2.05, 4.69) is 18.7 Å². The van der Waals surface area contributed by atoms with Gasteiger partial charge in [-0.15, -0.1) is 0 Å². The average Bonchev–Trinajstić information content (AvgIpc) is 2.71. The Bertz CT molecular complexity index is 200. The predicted molar refractivity (Wildman–Crippen MR) is 70.7 cm³/mol. The number of piperidine rings is 1. The first-order valence-corrected chi connectivity index (χ1v) is 7.64. The first-order valence-electron chi connectivity index (χ1n) is 7.64. The highest BCUT2D eigenvalue weighted by Gasteiger charge is 2.39. The zero-order chi connectivity index (χ0) is 11.4. The standard InChI is InChI=1S/C15H29N/c1-3-5-8-14-11-12-15-10-6-9-13(7-4-2)16(14)15/h13-15H,3-12H2,1-2H3/t13-,14+,15+/m0/s1. The number of hydrogen-bond acceptors (Lipinski definition) is 1. The fraction of sp³-hybridized carbons (Fsp3) is 1.00. The number of rotatable bonds is 5. The van der Waals surface area contributed by atoms with Crippen molar-refractivity contribution in [3.05, 3.63) is 0 Å². The third-order valence-corrected chi connectivity index (χ3v) is 4.69. The number of fused-ring (bicyclic) bond motifs is 1. The lowest BCUT2D eigenvalue weighted by atomic mass is 9.93. The van der Waals surface area contributed by atoms with Gasteiger partial charge in [-0.1, -0.05) is 39.5 Å². The fourth-order valence-corrected chi connectivity index (χ4v) is 3.97. The van der Waals surface area contributed by atoms with Crippen molar-refractivity contribution >= 4 is 0 Å². The Balaban J connectivity index is 1.94. The molecule has 2 rings (SSSR count). The molecule has 0 bridgehead atoms. The van der Waals surface area contributed by atoms with E-state index < -0.39 is 0 Å². The lowest BCUT2D eigenvalue weighted by molar-refractivity contribution is 0.0715. The quantitative estimate of drug-likeness (QED) is 0.669. The SMILES string of the molecule is CCCC[C@@H]1CC[C@H]2CCC[C@H](CCC)N12. The summed E-state index contributed by atoms with van der Waals surface area (Å²) in [4.78, 5) is 2.95. The minimum Gasteiger partial charge on any atom is -0.294 e. The number of unbranched alkanes of at least 4 members (excludes halogenated alkanes) is 1. The second-order valence-electron chi connectivity index (χ2n) is 5.85. The molecule has 2 aliphatic rings. The van der Waals surface area contributed by atoms with Crippen molar-refractivity contribution in [2.45, 2.75) is 96.2 Å². The van der Waals surface area contributed by atoms with Crippen LogP contribution in [0.3, 0.4) is 0 Å². The highest BCUT2D eigenvalue weighted by molar-refractivity contribution is 4.94. The second kappa shape index (κ2) is 6.05. The molecular weight excluding hydrogens is 194 g/mol. The van der Waals surface area contributed by atoms with Crippen molar-refractivity contribution in [2.24, 2.45) is 0 Å². The lowest BCUT2D eigenvalue weighted by Gasteiger charge is -2.41. The molecule has 3 atom stereocenters. The summed E-state index contributed by atoms with van der Waals surface area (Å²) >= 11 is 0. The van der Waals surface area contributed by atoms with Gasteiger partial charge in [-0.05, 0) is 38.5 Å². The maximum absolute atomic E-state index is 2.95. The molecule has 0 aromatic rings. The van der Waals surface area contributed by atoms with Crippen molar-refractivity contribution in [1.82, 2.24) is 4.90 Å². The molecule has 0 aromatic heterocycles. The molecular formula is C15H29N. The molecule has 0 amide bonds. The van der Waals surface area contributed by atoms with Crippen LogP contribution >= 0.6 is 0 Å². The van der Waals surface area contributed by atoms with Gasteiger partial charge in [0.05, 0.1) is 0 Å². The Morgan fingerprint density at radius 2 is 1.69 bits per heavy atom. The Morgan fingerprint density at radius 1 is 0.875 bits per heavy atom. The molecule has 1 nitrogen and oxygen atoms in total. The van der Waals surface area contributed by atoms with Gasteiger partial charge in [0.15, 0.2) is 0 Å². The van der Waals surface area contributed by atoms with Crippen LogP contribution in [0.4, 0.5) is 0 Å². The minimum atomic E-state index is 0.938. The van der Waals surface area contributed by atoms with Crippen LogP contribution in [0, 0.1) is 0 Å². The van der Waals surface area contributed by atoms with E-state index in [1.165, 1.54) is 64.2 Å². The van der Waals surface area contributed by atoms with Gasteiger partial charge in [0.2, 0.25) is 0 Å². The van der Waals surface area contributed by atoms with Crippen LogP contribution in [0.25, 0.3) is 0 Å². The highest BCUT2D eigenvalue weighted by Crippen LogP contribution is 2.38. The Morgan fingerprint density at radius 3 is 2.44 bits per heavy atom. The summed E-state index contributed by atoms with van der Waals surface area (Å²) in [5, 5.41) is 0. The molecule has 0 N–H and O–H groups in total. The topological polar surface area (TPSA) is 3.24 Å². The van der Waals surface area contributed by atoms with E-state index in [1.54, 1.807) is 0 Å². The van der Waals surface area contributed by atoms with Crippen LogP contribution < -0.4 is 0 Å². The molecule has 0 aromatic carbocycles. The maximum atomic E-state index is 2.95. The van der Waals surface area contributed by atoms with Crippen molar-refractivity contribution in [3.63, 3.8) is 0 Å². The maximum Gasteiger partial charge on any atom is 0.0102 e. The van der Waals surface area contributed by atoms with E-state index in [4.69, 9.17) is 0 Å². The molecule has 2 fully saturated rings.